The number of aryl methyl sites for hydroxylation is 1. The van der Waals surface area contributed by atoms with Gasteiger partial charge in [-0.15, -0.1) is 10.2 Å². The third-order valence-electron chi connectivity index (χ3n) is 3.48. The number of anilines is 1. The van der Waals surface area contributed by atoms with E-state index in [4.69, 9.17) is 4.42 Å². The summed E-state index contributed by atoms with van der Waals surface area (Å²) in [6, 6.07) is 5.58. The number of carbonyl (C=O) groups is 1. The van der Waals surface area contributed by atoms with Gasteiger partial charge in [-0.2, -0.15) is 0 Å². The average molecular weight is 272 g/mol. The van der Waals surface area contributed by atoms with Crippen molar-refractivity contribution in [1.29, 1.82) is 0 Å². The van der Waals surface area contributed by atoms with Crippen molar-refractivity contribution in [2.75, 3.05) is 11.9 Å². The molecule has 0 spiro atoms. The Morgan fingerprint density at radius 1 is 1.50 bits per heavy atom. The number of amides is 1. The molecule has 1 aliphatic heterocycles. The van der Waals surface area contributed by atoms with Crippen LogP contribution in [0.4, 0.5) is 5.69 Å². The molecule has 6 nitrogen and oxygen atoms in total. The Kier molecular flexibility index (Phi) is 3.47. The summed E-state index contributed by atoms with van der Waals surface area (Å²) >= 11 is 0. The SMILES string of the molecule is Cc1ccc(-c2nnco2)cc1NC(=O)[C@H]1CCCN1. The number of benzene rings is 1. The van der Waals surface area contributed by atoms with Crippen molar-refractivity contribution in [3.63, 3.8) is 0 Å². The molecule has 2 aromatic rings. The van der Waals surface area contributed by atoms with Crippen molar-refractivity contribution >= 4 is 11.6 Å². The molecular weight excluding hydrogens is 256 g/mol. The molecule has 1 aliphatic rings. The maximum absolute atomic E-state index is 12.1. The molecule has 20 heavy (non-hydrogen) atoms. The second-order valence-electron chi connectivity index (χ2n) is 4.91. The Morgan fingerprint density at radius 2 is 2.40 bits per heavy atom. The van der Waals surface area contributed by atoms with Gasteiger partial charge in [0.25, 0.3) is 0 Å². The maximum atomic E-state index is 12.1. The van der Waals surface area contributed by atoms with Crippen LogP contribution in [-0.4, -0.2) is 28.7 Å². The highest BCUT2D eigenvalue weighted by molar-refractivity contribution is 5.96. The van der Waals surface area contributed by atoms with Gasteiger partial charge in [0.1, 0.15) is 0 Å². The van der Waals surface area contributed by atoms with Crippen molar-refractivity contribution in [1.82, 2.24) is 15.5 Å². The lowest BCUT2D eigenvalue weighted by molar-refractivity contribution is -0.117. The zero-order valence-electron chi connectivity index (χ0n) is 11.2. The van der Waals surface area contributed by atoms with E-state index in [0.29, 0.717) is 5.89 Å². The summed E-state index contributed by atoms with van der Waals surface area (Å²) in [5.74, 6) is 0.452. The van der Waals surface area contributed by atoms with Crippen LogP contribution in [0.5, 0.6) is 0 Å². The quantitative estimate of drug-likeness (QED) is 0.889. The van der Waals surface area contributed by atoms with E-state index >= 15 is 0 Å². The normalized spacial score (nSPS) is 18.1. The second-order valence-corrected chi connectivity index (χ2v) is 4.91. The second kappa shape index (κ2) is 5.42. The molecule has 0 radical (unpaired) electrons. The van der Waals surface area contributed by atoms with E-state index < -0.39 is 0 Å². The first-order chi connectivity index (χ1) is 9.74. The van der Waals surface area contributed by atoms with E-state index in [1.807, 2.05) is 25.1 Å². The van der Waals surface area contributed by atoms with Gasteiger partial charge in [0.2, 0.25) is 18.2 Å². The number of rotatable bonds is 3. The number of nitrogens with zero attached hydrogens (tertiary/aromatic N) is 2. The summed E-state index contributed by atoms with van der Waals surface area (Å²) in [5, 5.41) is 13.7. The van der Waals surface area contributed by atoms with Gasteiger partial charge in [-0.3, -0.25) is 4.79 Å². The molecular formula is C14H16N4O2. The van der Waals surface area contributed by atoms with Gasteiger partial charge in [0.05, 0.1) is 6.04 Å². The largest absolute Gasteiger partial charge is 0.423 e. The summed E-state index contributed by atoms with van der Waals surface area (Å²) in [4.78, 5) is 12.1. The first-order valence-corrected chi connectivity index (χ1v) is 6.65. The predicted octanol–water partition coefficient (Wildman–Crippen LogP) is 1.74. The highest BCUT2D eigenvalue weighted by Crippen LogP contribution is 2.24. The van der Waals surface area contributed by atoms with Crippen LogP contribution in [0.25, 0.3) is 11.5 Å². The molecule has 2 heterocycles. The third kappa shape index (κ3) is 2.55. The van der Waals surface area contributed by atoms with Crippen LogP contribution in [0.15, 0.2) is 29.0 Å². The molecule has 1 fully saturated rings. The smallest absolute Gasteiger partial charge is 0.247 e. The fraction of sp³-hybridized carbons (Fsp3) is 0.357. The number of carbonyl (C=O) groups excluding carboxylic acids is 1. The molecule has 0 saturated carbocycles. The summed E-state index contributed by atoms with van der Waals surface area (Å²) in [5.41, 5.74) is 2.57. The average Bonchev–Trinajstić information content (AvgIpc) is 3.14. The molecule has 6 heteroatoms. The van der Waals surface area contributed by atoms with E-state index in [1.165, 1.54) is 6.39 Å². The topological polar surface area (TPSA) is 80.1 Å². The van der Waals surface area contributed by atoms with Gasteiger partial charge < -0.3 is 15.1 Å². The molecule has 104 valence electrons. The van der Waals surface area contributed by atoms with E-state index in [1.54, 1.807) is 0 Å². The Morgan fingerprint density at radius 3 is 3.10 bits per heavy atom. The van der Waals surface area contributed by atoms with Crippen LogP contribution in [0.3, 0.4) is 0 Å². The minimum absolute atomic E-state index is 0.00767. The molecule has 1 saturated heterocycles. The van der Waals surface area contributed by atoms with Gasteiger partial charge in [-0.1, -0.05) is 6.07 Å². The third-order valence-corrected chi connectivity index (χ3v) is 3.48. The number of hydrogen-bond donors (Lipinski definition) is 2. The van der Waals surface area contributed by atoms with Crippen LogP contribution in [-0.2, 0) is 4.79 Å². The fourth-order valence-electron chi connectivity index (χ4n) is 2.32. The lowest BCUT2D eigenvalue weighted by Crippen LogP contribution is -2.35. The van der Waals surface area contributed by atoms with Crippen LogP contribution in [0.2, 0.25) is 0 Å². The number of aromatic nitrogens is 2. The van der Waals surface area contributed by atoms with Gasteiger partial charge in [-0.25, -0.2) is 0 Å². The molecule has 1 aromatic heterocycles. The predicted molar refractivity (Wildman–Crippen MR) is 74.1 cm³/mol. The Labute approximate surface area is 116 Å². The zero-order chi connectivity index (χ0) is 13.9. The fourth-order valence-corrected chi connectivity index (χ4v) is 2.32. The Hall–Kier alpha value is -2.21. The molecule has 3 rings (SSSR count). The van der Waals surface area contributed by atoms with E-state index in [2.05, 4.69) is 20.8 Å². The van der Waals surface area contributed by atoms with E-state index in [-0.39, 0.29) is 11.9 Å². The lowest BCUT2D eigenvalue weighted by Gasteiger charge is -2.13. The van der Waals surface area contributed by atoms with Crippen LogP contribution in [0, 0.1) is 6.92 Å². The van der Waals surface area contributed by atoms with Crippen molar-refractivity contribution in [2.24, 2.45) is 0 Å². The van der Waals surface area contributed by atoms with Gasteiger partial charge in [-0.05, 0) is 44.0 Å². The van der Waals surface area contributed by atoms with Crippen molar-refractivity contribution in [3.8, 4) is 11.5 Å². The summed E-state index contributed by atoms with van der Waals surface area (Å²) in [7, 11) is 0. The maximum Gasteiger partial charge on any atom is 0.247 e. The minimum atomic E-state index is -0.0959. The van der Waals surface area contributed by atoms with E-state index in [9.17, 15) is 4.79 Å². The zero-order valence-corrected chi connectivity index (χ0v) is 11.2. The molecule has 1 atom stereocenters. The number of hydrogen-bond acceptors (Lipinski definition) is 5. The molecule has 0 bridgehead atoms. The molecule has 0 unspecified atom stereocenters. The summed E-state index contributed by atoms with van der Waals surface area (Å²) in [6.45, 7) is 2.86. The van der Waals surface area contributed by atoms with Crippen molar-refractivity contribution in [3.05, 3.63) is 30.2 Å². The summed E-state index contributed by atoms with van der Waals surface area (Å²) < 4.78 is 5.17. The molecule has 1 aromatic carbocycles. The molecule has 0 aliphatic carbocycles. The van der Waals surface area contributed by atoms with Gasteiger partial charge >= 0.3 is 0 Å². The Bertz CT molecular complexity index is 604. The molecule has 1 amide bonds. The van der Waals surface area contributed by atoms with Crippen molar-refractivity contribution in [2.45, 2.75) is 25.8 Å². The van der Waals surface area contributed by atoms with Gasteiger partial charge in [0.15, 0.2) is 0 Å². The van der Waals surface area contributed by atoms with Crippen LogP contribution < -0.4 is 10.6 Å². The summed E-state index contributed by atoms with van der Waals surface area (Å²) in [6.07, 6.45) is 3.21. The lowest BCUT2D eigenvalue weighted by atomic mass is 10.1. The van der Waals surface area contributed by atoms with Crippen molar-refractivity contribution < 1.29 is 9.21 Å². The standard InChI is InChI=1S/C14H16N4O2/c1-9-4-5-10(14-18-16-8-20-14)7-12(9)17-13(19)11-3-2-6-15-11/h4-5,7-8,11,15H,2-3,6H2,1H3,(H,17,19)/t11-/m1/s1. The minimum Gasteiger partial charge on any atom is -0.423 e. The van der Waals surface area contributed by atoms with Gasteiger partial charge in [0, 0.05) is 11.3 Å². The first-order valence-electron chi connectivity index (χ1n) is 6.65. The Balaban J connectivity index is 1.81. The highest BCUT2D eigenvalue weighted by Gasteiger charge is 2.22. The van der Waals surface area contributed by atoms with Crippen LogP contribution in [0.1, 0.15) is 18.4 Å². The monoisotopic (exact) mass is 272 g/mol. The first kappa shape index (κ1) is 12.8. The molecule has 2 N–H and O–H groups in total. The highest BCUT2D eigenvalue weighted by atomic mass is 16.4. The number of nitrogens with one attached hydrogen (secondary N) is 2. The van der Waals surface area contributed by atoms with E-state index in [0.717, 1.165) is 36.2 Å². The van der Waals surface area contributed by atoms with Crippen LogP contribution >= 0.6 is 0 Å².